The van der Waals surface area contributed by atoms with Gasteiger partial charge in [0, 0.05) is 12.0 Å². The van der Waals surface area contributed by atoms with Gasteiger partial charge in [0.25, 0.3) is 0 Å². The normalized spacial score (nSPS) is 16.3. The number of hydrogen-bond acceptors (Lipinski definition) is 3. The highest BCUT2D eigenvalue weighted by Crippen LogP contribution is 2.04. The monoisotopic (exact) mass is 187 g/mol. The molecule has 0 radical (unpaired) electrons. The van der Waals surface area contributed by atoms with E-state index in [-0.39, 0.29) is 17.7 Å². The molecule has 13 heavy (non-hydrogen) atoms. The van der Waals surface area contributed by atoms with Crippen molar-refractivity contribution in [3.8, 4) is 0 Å². The van der Waals surface area contributed by atoms with Crippen molar-refractivity contribution in [1.29, 1.82) is 0 Å². The average Bonchev–Trinajstić information content (AvgIpc) is 1.97. The predicted molar refractivity (Wildman–Crippen MR) is 53.6 cm³/mol. The van der Waals surface area contributed by atoms with Crippen LogP contribution in [-0.2, 0) is 4.79 Å². The van der Waals surface area contributed by atoms with Crippen molar-refractivity contribution in [2.75, 3.05) is 0 Å². The first-order chi connectivity index (χ1) is 5.86. The molecule has 0 rings (SSSR count). The summed E-state index contributed by atoms with van der Waals surface area (Å²) in [5, 5.41) is 12.5. The maximum Gasteiger partial charge on any atom is 0.154 e. The summed E-state index contributed by atoms with van der Waals surface area (Å²) >= 11 is 0. The van der Waals surface area contributed by atoms with Crippen LogP contribution in [0.25, 0.3) is 0 Å². The molecule has 0 fully saturated rings. The quantitative estimate of drug-likeness (QED) is 0.674. The van der Waals surface area contributed by atoms with Crippen LogP contribution in [0.2, 0.25) is 0 Å². The Morgan fingerprint density at radius 1 is 1.15 bits per heavy atom. The smallest absolute Gasteiger partial charge is 0.154 e. The van der Waals surface area contributed by atoms with Gasteiger partial charge in [0.05, 0.1) is 12.1 Å². The summed E-state index contributed by atoms with van der Waals surface area (Å²) < 4.78 is 0. The van der Waals surface area contributed by atoms with Crippen LogP contribution in [0.5, 0.6) is 0 Å². The van der Waals surface area contributed by atoms with E-state index in [0.29, 0.717) is 0 Å². The molecule has 0 aliphatic rings. The molecule has 0 aromatic heterocycles. The molecule has 3 nitrogen and oxygen atoms in total. The van der Waals surface area contributed by atoms with Crippen molar-refractivity contribution in [1.82, 2.24) is 5.32 Å². The number of carbonyl (C=O) groups is 1. The zero-order chi connectivity index (χ0) is 10.6. The minimum absolute atomic E-state index is 0.0363. The Kier molecular flexibility index (Phi) is 5.18. The molecule has 3 heteroatoms. The van der Waals surface area contributed by atoms with E-state index in [9.17, 15) is 9.90 Å². The molecular weight excluding hydrogens is 166 g/mol. The van der Waals surface area contributed by atoms with Gasteiger partial charge in [-0.15, -0.1) is 0 Å². The number of Topliss-reactive ketones (excluding diaryl/α,β-unsaturated/α-hetero) is 1. The molecule has 0 spiro atoms. The fraction of sp³-hybridized carbons (Fsp3) is 0.900. The lowest BCUT2D eigenvalue weighted by atomic mass is 9.97. The lowest BCUT2D eigenvalue weighted by molar-refractivity contribution is -0.126. The van der Waals surface area contributed by atoms with Gasteiger partial charge in [-0.2, -0.15) is 0 Å². The molecule has 78 valence electrons. The van der Waals surface area contributed by atoms with Crippen LogP contribution in [0, 0.1) is 5.92 Å². The molecule has 0 aromatic rings. The van der Waals surface area contributed by atoms with E-state index in [4.69, 9.17) is 0 Å². The topological polar surface area (TPSA) is 49.3 Å². The minimum atomic E-state index is -0.628. The Hall–Kier alpha value is -0.410. The zero-order valence-electron chi connectivity index (χ0n) is 9.16. The Labute approximate surface area is 80.5 Å². The van der Waals surface area contributed by atoms with Crippen LogP contribution in [0.3, 0.4) is 0 Å². The Balaban J connectivity index is 4.33. The number of rotatable bonds is 5. The second-order valence-corrected chi connectivity index (χ2v) is 4.10. The summed E-state index contributed by atoms with van der Waals surface area (Å²) in [7, 11) is 0. The van der Waals surface area contributed by atoms with E-state index in [1.54, 1.807) is 6.92 Å². The Morgan fingerprint density at radius 2 is 1.62 bits per heavy atom. The predicted octanol–water partition coefficient (Wildman–Crippen LogP) is 0.959. The summed E-state index contributed by atoms with van der Waals surface area (Å²) in [4.78, 5) is 11.6. The standard InChI is InChI=1S/C10H21NO2/c1-6(2)10(13)9(8(5)12)11-7(3)4/h6-9,11-12H,1-5H3. The van der Waals surface area contributed by atoms with E-state index >= 15 is 0 Å². The molecule has 2 atom stereocenters. The third-order valence-electron chi connectivity index (χ3n) is 1.87. The lowest BCUT2D eigenvalue weighted by Crippen LogP contribution is -2.49. The summed E-state index contributed by atoms with van der Waals surface area (Å²) in [5.41, 5.74) is 0. The van der Waals surface area contributed by atoms with Crippen LogP contribution < -0.4 is 5.32 Å². The first kappa shape index (κ1) is 12.6. The second-order valence-electron chi connectivity index (χ2n) is 4.10. The first-order valence-electron chi connectivity index (χ1n) is 4.84. The maximum absolute atomic E-state index is 11.6. The number of aliphatic hydroxyl groups is 1. The lowest BCUT2D eigenvalue weighted by Gasteiger charge is -2.24. The van der Waals surface area contributed by atoms with Gasteiger partial charge in [-0.05, 0) is 6.92 Å². The summed E-state index contributed by atoms with van der Waals surface area (Å²) in [6.45, 7) is 9.26. The van der Waals surface area contributed by atoms with Crippen molar-refractivity contribution in [3.63, 3.8) is 0 Å². The molecule has 0 saturated carbocycles. The highest BCUT2D eigenvalue weighted by atomic mass is 16.3. The Morgan fingerprint density at radius 3 is 1.85 bits per heavy atom. The zero-order valence-corrected chi connectivity index (χ0v) is 9.16. The molecule has 0 aromatic carbocycles. The van der Waals surface area contributed by atoms with Crippen LogP contribution in [0.1, 0.15) is 34.6 Å². The minimum Gasteiger partial charge on any atom is -0.391 e. The molecule has 0 saturated heterocycles. The summed E-state index contributed by atoms with van der Waals surface area (Å²) in [6, 6.07) is -0.220. The number of hydrogen-bond donors (Lipinski definition) is 2. The van der Waals surface area contributed by atoms with Crippen LogP contribution >= 0.6 is 0 Å². The highest BCUT2D eigenvalue weighted by Gasteiger charge is 2.25. The number of nitrogens with one attached hydrogen (secondary N) is 1. The van der Waals surface area contributed by atoms with E-state index in [0.717, 1.165) is 0 Å². The molecule has 0 aliphatic carbocycles. The number of ketones is 1. The molecule has 0 aliphatic heterocycles. The van der Waals surface area contributed by atoms with Gasteiger partial charge < -0.3 is 10.4 Å². The van der Waals surface area contributed by atoms with Crippen molar-refractivity contribution in [2.45, 2.75) is 52.8 Å². The van der Waals surface area contributed by atoms with Crippen LogP contribution in [0.15, 0.2) is 0 Å². The van der Waals surface area contributed by atoms with Crippen LogP contribution in [0.4, 0.5) is 0 Å². The maximum atomic E-state index is 11.6. The summed E-state index contributed by atoms with van der Waals surface area (Å²) in [5.74, 6) is 0.0366. The second kappa shape index (κ2) is 5.35. The van der Waals surface area contributed by atoms with Gasteiger partial charge in [-0.3, -0.25) is 4.79 Å². The van der Waals surface area contributed by atoms with Crippen molar-refractivity contribution in [3.05, 3.63) is 0 Å². The number of carbonyl (C=O) groups excluding carboxylic acids is 1. The molecule has 0 amide bonds. The fourth-order valence-corrected chi connectivity index (χ4v) is 1.18. The third kappa shape index (κ3) is 4.39. The summed E-state index contributed by atoms with van der Waals surface area (Å²) in [6.07, 6.45) is -0.628. The van der Waals surface area contributed by atoms with Gasteiger partial charge in [-0.25, -0.2) is 0 Å². The molecule has 2 N–H and O–H groups in total. The van der Waals surface area contributed by atoms with Gasteiger partial charge >= 0.3 is 0 Å². The highest BCUT2D eigenvalue weighted by molar-refractivity contribution is 5.86. The van der Waals surface area contributed by atoms with E-state index < -0.39 is 12.1 Å². The molecule has 0 heterocycles. The number of aliphatic hydroxyl groups excluding tert-OH is 1. The largest absolute Gasteiger partial charge is 0.391 e. The molecule has 2 unspecified atom stereocenters. The fourth-order valence-electron chi connectivity index (χ4n) is 1.18. The van der Waals surface area contributed by atoms with Crippen LogP contribution in [-0.4, -0.2) is 29.1 Å². The molecular formula is C10H21NO2. The van der Waals surface area contributed by atoms with Gasteiger partial charge in [0.15, 0.2) is 5.78 Å². The van der Waals surface area contributed by atoms with Crippen molar-refractivity contribution >= 4 is 5.78 Å². The first-order valence-corrected chi connectivity index (χ1v) is 4.84. The Bertz CT molecular complexity index is 164. The van der Waals surface area contributed by atoms with Crippen molar-refractivity contribution in [2.24, 2.45) is 5.92 Å². The van der Waals surface area contributed by atoms with Crippen molar-refractivity contribution < 1.29 is 9.90 Å². The molecule has 0 bridgehead atoms. The third-order valence-corrected chi connectivity index (χ3v) is 1.87. The average molecular weight is 187 g/mol. The van der Waals surface area contributed by atoms with Gasteiger partial charge in [0.1, 0.15) is 0 Å². The van der Waals surface area contributed by atoms with E-state index in [2.05, 4.69) is 5.32 Å². The van der Waals surface area contributed by atoms with E-state index in [1.807, 2.05) is 27.7 Å². The van der Waals surface area contributed by atoms with Gasteiger partial charge in [0.2, 0.25) is 0 Å². The van der Waals surface area contributed by atoms with E-state index in [1.165, 1.54) is 0 Å². The van der Waals surface area contributed by atoms with Gasteiger partial charge in [-0.1, -0.05) is 27.7 Å². The SMILES string of the molecule is CC(C)NC(C(=O)C(C)C)C(C)O.